The van der Waals surface area contributed by atoms with E-state index in [1.807, 2.05) is 24.8 Å². The molecule has 0 amide bonds. The molecule has 0 radical (unpaired) electrons. The van der Waals surface area contributed by atoms with Crippen molar-refractivity contribution >= 4 is 17.4 Å². The Hall–Kier alpha value is -0.740. The second-order valence-corrected chi connectivity index (χ2v) is 6.79. The molecule has 104 valence electrons. The second-order valence-electron chi connectivity index (χ2n) is 5.69. The number of benzene rings is 1. The van der Waals surface area contributed by atoms with Crippen LogP contribution in [0.15, 0.2) is 18.2 Å². The van der Waals surface area contributed by atoms with Crippen LogP contribution in [-0.4, -0.2) is 29.8 Å². The number of aryl methyl sites for hydroxylation is 1. The molecule has 2 unspecified atom stereocenters. The molecule has 0 bridgehead atoms. The van der Waals surface area contributed by atoms with E-state index in [-0.39, 0.29) is 11.4 Å². The van der Waals surface area contributed by atoms with Crippen molar-refractivity contribution in [2.75, 3.05) is 23.4 Å². The summed E-state index contributed by atoms with van der Waals surface area (Å²) in [5.41, 5.74) is 1.93. The lowest BCUT2D eigenvalue weighted by molar-refractivity contribution is -0.0628. The van der Waals surface area contributed by atoms with Crippen LogP contribution in [0.2, 0.25) is 0 Å². The Morgan fingerprint density at radius 1 is 1.42 bits per heavy atom. The van der Waals surface area contributed by atoms with Gasteiger partial charge in [0, 0.05) is 24.1 Å². The minimum absolute atomic E-state index is 0.0724. The molecule has 1 aromatic carbocycles. The number of rotatable bonds is 2. The molecule has 0 aromatic heterocycles. The zero-order valence-electron chi connectivity index (χ0n) is 11.2. The third-order valence-electron chi connectivity index (χ3n) is 3.97. The van der Waals surface area contributed by atoms with Crippen molar-refractivity contribution in [3.8, 4) is 0 Å². The lowest BCUT2D eigenvalue weighted by atomic mass is 9.89. The highest BCUT2D eigenvalue weighted by Crippen LogP contribution is 2.39. The molecule has 2 aliphatic rings. The molecule has 3 rings (SSSR count). The SMILES string of the molecule is Cc1cc(F)cc(NC2CCOC3(CCSC3)C2)c1. The average molecular weight is 281 g/mol. The third-order valence-corrected chi connectivity index (χ3v) is 5.20. The normalized spacial score (nSPS) is 30.7. The number of ether oxygens (including phenoxy) is 1. The van der Waals surface area contributed by atoms with Crippen molar-refractivity contribution in [3.05, 3.63) is 29.6 Å². The third kappa shape index (κ3) is 3.06. The molecular formula is C15H20FNOS. The largest absolute Gasteiger partial charge is 0.382 e. The van der Waals surface area contributed by atoms with Crippen LogP contribution in [0.1, 0.15) is 24.8 Å². The van der Waals surface area contributed by atoms with Gasteiger partial charge in [-0.05, 0) is 55.7 Å². The summed E-state index contributed by atoms with van der Waals surface area (Å²) in [6.07, 6.45) is 3.19. The van der Waals surface area contributed by atoms with Crippen molar-refractivity contribution in [2.45, 2.75) is 37.8 Å². The fraction of sp³-hybridized carbons (Fsp3) is 0.600. The average Bonchev–Trinajstić information content (AvgIpc) is 2.76. The monoisotopic (exact) mass is 281 g/mol. The Morgan fingerprint density at radius 3 is 3.05 bits per heavy atom. The van der Waals surface area contributed by atoms with Gasteiger partial charge in [-0.25, -0.2) is 4.39 Å². The van der Waals surface area contributed by atoms with Crippen LogP contribution in [-0.2, 0) is 4.74 Å². The molecule has 2 atom stereocenters. The van der Waals surface area contributed by atoms with Crippen LogP contribution in [0.3, 0.4) is 0 Å². The van der Waals surface area contributed by atoms with E-state index in [9.17, 15) is 4.39 Å². The number of nitrogens with one attached hydrogen (secondary N) is 1. The van der Waals surface area contributed by atoms with Crippen molar-refractivity contribution < 1.29 is 9.13 Å². The first-order chi connectivity index (χ1) is 9.15. The standard InChI is InChI=1S/C15H20FNOS/c1-11-6-12(16)8-14(7-11)17-13-2-4-18-15(9-13)3-5-19-10-15/h6-8,13,17H,2-5,9-10H2,1H3. The molecule has 2 aliphatic heterocycles. The fourth-order valence-electron chi connectivity index (χ4n) is 3.07. The van der Waals surface area contributed by atoms with Crippen molar-refractivity contribution in [1.82, 2.24) is 0 Å². The van der Waals surface area contributed by atoms with Crippen LogP contribution in [0.4, 0.5) is 10.1 Å². The summed E-state index contributed by atoms with van der Waals surface area (Å²) in [7, 11) is 0. The number of anilines is 1. The molecule has 2 heterocycles. The first-order valence-electron chi connectivity index (χ1n) is 6.91. The van der Waals surface area contributed by atoms with Crippen LogP contribution < -0.4 is 5.32 Å². The zero-order valence-corrected chi connectivity index (χ0v) is 12.1. The number of hydrogen-bond donors (Lipinski definition) is 1. The van der Waals surface area contributed by atoms with E-state index in [0.29, 0.717) is 6.04 Å². The van der Waals surface area contributed by atoms with Gasteiger partial charge >= 0.3 is 0 Å². The van der Waals surface area contributed by atoms with Gasteiger partial charge < -0.3 is 10.1 Å². The van der Waals surface area contributed by atoms with Gasteiger partial charge in [-0.1, -0.05) is 0 Å². The van der Waals surface area contributed by atoms with Crippen LogP contribution >= 0.6 is 11.8 Å². The molecule has 19 heavy (non-hydrogen) atoms. The first-order valence-corrected chi connectivity index (χ1v) is 8.06. The van der Waals surface area contributed by atoms with Gasteiger partial charge in [-0.2, -0.15) is 11.8 Å². The van der Waals surface area contributed by atoms with Gasteiger partial charge in [-0.3, -0.25) is 0 Å². The van der Waals surface area contributed by atoms with Crippen molar-refractivity contribution in [2.24, 2.45) is 0 Å². The van der Waals surface area contributed by atoms with Gasteiger partial charge in [0.15, 0.2) is 0 Å². The predicted molar refractivity (Wildman–Crippen MR) is 78.4 cm³/mol. The molecule has 2 nitrogen and oxygen atoms in total. The maximum atomic E-state index is 13.4. The highest BCUT2D eigenvalue weighted by atomic mass is 32.2. The lowest BCUT2D eigenvalue weighted by Gasteiger charge is -2.38. The zero-order chi connectivity index (χ0) is 13.3. The van der Waals surface area contributed by atoms with E-state index in [0.717, 1.165) is 42.9 Å². The summed E-state index contributed by atoms with van der Waals surface area (Å²) >= 11 is 1.98. The highest BCUT2D eigenvalue weighted by molar-refractivity contribution is 7.99. The molecule has 1 aromatic rings. The van der Waals surface area contributed by atoms with Crippen molar-refractivity contribution in [1.29, 1.82) is 0 Å². The molecule has 1 spiro atoms. The Kier molecular flexibility index (Phi) is 3.72. The highest BCUT2D eigenvalue weighted by Gasteiger charge is 2.40. The molecule has 0 aliphatic carbocycles. The van der Waals surface area contributed by atoms with Gasteiger partial charge in [0.05, 0.1) is 5.60 Å². The van der Waals surface area contributed by atoms with Gasteiger partial charge in [0.2, 0.25) is 0 Å². The first kappa shape index (κ1) is 13.3. The van der Waals surface area contributed by atoms with Crippen LogP contribution in [0.5, 0.6) is 0 Å². The van der Waals surface area contributed by atoms with Gasteiger partial charge in [0.25, 0.3) is 0 Å². The lowest BCUT2D eigenvalue weighted by Crippen LogP contribution is -2.44. The smallest absolute Gasteiger partial charge is 0.125 e. The Labute approximate surface area is 118 Å². The van der Waals surface area contributed by atoms with E-state index in [1.54, 1.807) is 12.1 Å². The topological polar surface area (TPSA) is 21.3 Å². The van der Waals surface area contributed by atoms with E-state index in [1.165, 1.54) is 5.75 Å². The molecular weight excluding hydrogens is 261 g/mol. The minimum Gasteiger partial charge on any atom is -0.382 e. The molecule has 2 saturated heterocycles. The maximum Gasteiger partial charge on any atom is 0.125 e. The van der Waals surface area contributed by atoms with E-state index in [2.05, 4.69) is 5.32 Å². The predicted octanol–water partition coefficient (Wildman–Crippen LogP) is 3.60. The summed E-state index contributed by atoms with van der Waals surface area (Å²) in [6.45, 7) is 2.74. The number of hydrogen-bond acceptors (Lipinski definition) is 3. The summed E-state index contributed by atoms with van der Waals surface area (Å²) in [6, 6.07) is 5.55. The fourth-order valence-corrected chi connectivity index (χ4v) is 4.45. The molecule has 1 N–H and O–H groups in total. The number of halogens is 1. The van der Waals surface area contributed by atoms with Gasteiger partial charge in [0.1, 0.15) is 5.82 Å². The summed E-state index contributed by atoms with van der Waals surface area (Å²) in [5, 5.41) is 3.48. The minimum atomic E-state index is -0.166. The number of thioether (sulfide) groups is 1. The van der Waals surface area contributed by atoms with E-state index in [4.69, 9.17) is 4.74 Å². The quantitative estimate of drug-likeness (QED) is 0.895. The van der Waals surface area contributed by atoms with Crippen molar-refractivity contribution in [3.63, 3.8) is 0 Å². The maximum absolute atomic E-state index is 13.4. The Balaban J connectivity index is 1.69. The van der Waals surface area contributed by atoms with Crippen LogP contribution in [0.25, 0.3) is 0 Å². The molecule has 2 fully saturated rings. The van der Waals surface area contributed by atoms with E-state index >= 15 is 0 Å². The second kappa shape index (κ2) is 5.33. The van der Waals surface area contributed by atoms with Crippen LogP contribution in [0, 0.1) is 12.7 Å². The molecule has 4 heteroatoms. The van der Waals surface area contributed by atoms with E-state index < -0.39 is 0 Å². The van der Waals surface area contributed by atoms with Gasteiger partial charge in [-0.15, -0.1) is 0 Å². The summed E-state index contributed by atoms with van der Waals surface area (Å²) in [4.78, 5) is 0. The molecule has 0 saturated carbocycles. The summed E-state index contributed by atoms with van der Waals surface area (Å²) < 4.78 is 19.4. The summed E-state index contributed by atoms with van der Waals surface area (Å²) in [5.74, 6) is 2.14. The Bertz CT molecular complexity index is 439. The Morgan fingerprint density at radius 2 is 2.32 bits per heavy atom.